The van der Waals surface area contributed by atoms with E-state index in [1.54, 1.807) is 60.7 Å². The van der Waals surface area contributed by atoms with Crippen LogP contribution in [0.1, 0.15) is 44.8 Å². The zero-order valence-electron chi connectivity index (χ0n) is 15.8. The van der Waals surface area contributed by atoms with E-state index in [-0.39, 0.29) is 23.6 Å². The van der Waals surface area contributed by atoms with Crippen LogP contribution in [-0.2, 0) is 0 Å². The Balaban J connectivity index is 1.75. The average molecular weight is 374 g/mol. The molecule has 0 aliphatic heterocycles. The standard InChI is InChI=1S/C23H22N2O3/c1-15-11-12-19(14-21(15)25-22(27)17-7-4-3-5-8-17)23(28)24-16(2)18-9-6-10-20(26)13-18/h3-14,16,26H,1-2H3,(H,24,28)(H,25,27). The number of carbonyl (C=O) groups excluding carboxylic acids is 2. The molecule has 0 saturated heterocycles. The summed E-state index contributed by atoms with van der Waals surface area (Å²) in [4.78, 5) is 25.1. The van der Waals surface area contributed by atoms with Crippen LogP contribution in [0.2, 0.25) is 0 Å². The van der Waals surface area contributed by atoms with Crippen molar-refractivity contribution in [1.29, 1.82) is 0 Å². The summed E-state index contributed by atoms with van der Waals surface area (Å²) in [5.41, 5.74) is 3.25. The molecule has 5 nitrogen and oxygen atoms in total. The summed E-state index contributed by atoms with van der Waals surface area (Å²) in [6.07, 6.45) is 0. The summed E-state index contributed by atoms with van der Waals surface area (Å²) in [5.74, 6) is -0.333. The molecule has 1 atom stereocenters. The van der Waals surface area contributed by atoms with Crippen LogP contribution in [-0.4, -0.2) is 16.9 Å². The highest BCUT2D eigenvalue weighted by atomic mass is 16.3. The Hall–Kier alpha value is -3.60. The number of hydrogen-bond donors (Lipinski definition) is 3. The maximum Gasteiger partial charge on any atom is 0.255 e. The Morgan fingerprint density at radius 3 is 2.32 bits per heavy atom. The zero-order chi connectivity index (χ0) is 20.1. The van der Waals surface area contributed by atoms with E-state index < -0.39 is 0 Å². The van der Waals surface area contributed by atoms with Gasteiger partial charge < -0.3 is 15.7 Å². The smallest absolute Gasteiger partial charge is 0.255 e. The molecule has 3 aromatic rings. The lowest BCUT2D eigenvalue weighted by molar-refractivity contribution is 0.0938. The minimum Gasteiger partial charge on any atom is -0.508 e. The van der Waals surface area contributed by atoms with Crippen LogP contribution in [0.15, 0.2) is 72.8 Å². The Morgan fingerprint density at radius 2 is 1.61 bits per heavy atom. The summed E-state index contributed by atoms with van der Waals surface area (Å²) in [5, 5.41) is 15.4. The molecular formula is C23H22N2O3. The molecule has 2 amide bonds. The van der Waals surface area contributed by atoms with Gasteiger partial charge in [-0.1, -0.05) is 36.4 Å². The van der Waals surface area contributed by atoms with Gasteiger partial charge in [0.1, 0.15) is 5.75 Å². The second-order valence-electron chi connectivity index (χ2n) is 6.64. The van der Waals surface area contributed by atoms with Crippen LogP contribution in [0.4, 0.5) is 5.69 Å². The molecule has 0 radical (unpaired) electrons. The monoisotopic (exact) mass is 374 g/mol. The molecule has 28 heavy (non-hydrogen) atoms. The van der Waals surface area contributed by atoms with E-state index in [0.29, 0.717) is 16.8 Å². The number of rotatable bonds is 5. The number of phenolic OH excluding ortho intramolecular Hbond substituents is 1. The van der Waals surface area contributed by atoms with Crippen LogP contribution in [0.25, 0.3) is 0 Å². The van der Waals surface area contributed by atoms with Gasteiger partial charge in [-0.2, -0.15) is 0 Å². The number of benzene rings is 3. The van der Waals surface area contributed by atoms with Gasteiger partial charge in [-0.25, -0.2) is 0 Å². The lowest BCUT2D eigenvalue weighted by Gasteiger charge is -2.16. The Morgan fingerprint density at radius 1 is 0.857 bits per heavy atom. The van der Waals surface area contributed by atoms with E-state index >= 15 is 0 Å². The maximum atomic E-state index is 12.6. The predicted molar refractivity (Wildman–Crippen MR) is 110 cm³/mol. The first-order valence-electron chi connectivity index (χ1n) is 9.01. The van der Waals surface area contributed by atoms with E-state index in [9.17, 15) is 14.7 Å². The minimum absolute atomic E-state index is 0.153. The van der Waals surface area contributed by atoms with Gasteiger partial charge in [0.2, 0.25) is 0 Å². The highest BCUT2D eigenvalue weighted by molar-refractivity contribution is 6.05. The van der Waals surface area contributed by atoms with Crippen molar-refractivity contribution < 1.29 is 14.7 Å². The summed E-state index contributed by atoms with van der Waals surface area (Å²) in [6, 6.07) is 20.6. The largest absolute Gasteiger partial charge is 0.508 e. The molecule has 0 aliphatic carbocycles. The number of aryl methyl sites for hydroxylation is 1. The molecule has 1 unspecified atom stereocenters. The van der Waals surface area contributed by atoms with Crippen LogP contribution >= 0.6 is 0 Å². The van der Waals surface area contributed by atoms with Gasteiger partial charge >= 0.3 is 0 Å². The lowest BCUT2D eigenvalue weighted by Crippen LogP contribution is -2.26. The van der Waals surface area contributed by atoms with Gasteiger partial charge in [-0.15, -0.1) is 0 Å². The molecule has 0 saturated carbocycles. The lowest BCUT2D eigenvalue weighted by atomic mass is 10.1. The molecule has 0 heterocycles. The molecular weight excluding hydrogens is 352 g/mol. The fourth-order valence-corrected chi connectivity index (χ4v) is 2.84. The number of carbonyl (C=O) groups is 2. The topological polar surface area (TPSA) is 78.4 Å². The Kier molecular flexibility index (Phi) is 5.75. The predicted octanol–water partition coefficient (Wildman–Crippen LogP) is 4.44. The van der Waals surface area contributed by atoms with Crippen molar-refractivity contribution in [2.75, 3.05) is 5.32 Å². The third kappa shape index (κ3) is 4.57. The Bertz CT molecular complexity index is 1000. The zero-order valence-corrected chi connectivity index (χ0v) is 15.8. The molecule has 0 aliphatic rings. The van der Waals surface area contributed by atoms with E-state index in [1.165, 1.54) is 0 Å². The first kappa shape index (κ1) is 19.2. The van der Waals surface area contributed by atoms with Gasteiger partial charge in [-0.3, -0.25) is 9.59 Å². The van der Waals surface area contributed by atoms with Gasteiger partial charge in [0, 0.05) is 16.8 Å². The normalized spacial score (nSPS) is 11.5. The number of amides is 2. The summed E-state index contributed by atoms with van der Waals surface area (Å²) < 4.78 is 0. The summed E-state index contributed by atoms with van der Waals surface area (Å²) >= 11 is 0. The molecule has 142 valence electrons. The van der Waals surface area contributed by atoms with Crippen molar-refractivity contribution in [2.24, 2.45) is 0 Å². The van der Waals surface area contributed by atoms with Crippen molar-refractivity contribution in [3.63, 3.8) is 0 Å². The van der Waals surface area contributed by atoms with Crippen LogP contribution in [0.5, 0.6) is 5.75 Å². The van der Waals surface area contributed by atoms with E-state index in [2.05, 4.69) is 10.6 Å². The third-order valence-electron chi connectivity index (χ3n) is 4.50. The molecule has 3 aromatic carbocycles. The molecule has 3 rings (SSSR count). The molecule has 0 bridgehead atoms. The second-order valence-corrected chi connectivity index (χ2v) is 6.64. The number of aromatic hydroxyl groups is 1. The van der Waals surface area contributed by atoms with Crippen LogP contribution in [0, 0.1) is 6.92 Å². The average Bonchev–Trinajstić information content (AvgIpc) is 2.70. The second kappa shape index (κ2) is 8.39. The van der Waals surface area contributed by atoms with Crippen molar-refractivity contribution in [2.45, 2.75) is 19.9 Å². The van der Waals surface area contributed by atoms with E-state index in [1.807, 2.05) is 26.0 Å². The van der Waals surface area contributed by atoms with Crippen LogP contribution in [0.3, 0.4) is 0 Å². The summed E-state index contributed by atoms with van der Waals surface area (Å²) in [7, 11) is 0. The molecule has 3 N–H and O–H groups in total. The molecule has 5 heteroatoms. The van der Waals surface area contributed by atoms with Gasteiger partial charge in [0.25, 0.3) is 11.8 Å². The number of phenols is 1. The van der Waals surface area contributed by atoms with Crippen molar-refractivity contribution in [1.82, 2.24) is 5.32 Å². The van der Waals surface area contributed by atoms with Crippen molar-refractivity contribution >= 4 is 17.5 Å². The SMILES string of the molecule is Cc1ccc(C(=O)NC(C)c2cccc(O)c2)cc1NC(=O)c1ccccc1. The fraction of sp³-hybridized carbons (Fsp3) is 0.130. The third-order valence-corrected chi connectivity index (χ3v) is 4.50. The minimum atomic E-state index is -0.275. The van der Waals surface area contributed by atoms with Gasteiger partial charge in [-0.05, 0) is 61.4 Å². The number of nitrogens with one attached hydrogen (secondary N) is 2. The Labute approximate surface area is 164 Å². The highest BCUT2D eigenvalue weighted by Crippen LogP contribution is 2.21. The fourth-order valence-electron chi connectivity index (χ4n) is 2.84. The molecule has 0 aromatic heterocycles. The quantitative estimate of drug-likeness (QED) is 0.618. The first-order valence-corrected chi connectivity index (χ1v) is 9.01. The van der Waals surface area contributed by atoms with E-state index in [4.69, 9.17) is 0 Å². The molecule has 0 fully saturated rings. The van der Waals surface area contributed by atoms with Crippen molar-refractivity contribution in [3.05, 3.63) is 95.1 Å². The maximum absolute atomic E-state index is 12.6. The summed E-state index contributed by atoms with van der Waals surface area (Å²) in [6.45, 7) is 3.72. The van der Waals surface area contributed by atoms with Crippen molar-refractivity contribution in [3.8, 4) is 5.75 Å². The van der Waals surface area contributed by atoms with Gasteiger partial charge in [0.15, 0.2) is 0 Å². The first-order chi connectivity index (χ1) is 13.4. The van der Waals surface area contributed by atoms with Gasteiger partial charge in [0.05, 0.1) is 6.04 Å². The molecule has 0 spiro atoms. The number of hydrogen-bond acceptors (Lipinski definition) is 3. The van der Waals surface area contributed by atoms with E-state index in [0.717, 1.165) is 11.1 Å². The highest BCUT2D eigenvalue weighted by Gasteiger charge is 2.14. The number of anilines is 1. The van der Waals surface area contributed by atoms with Crippen LogP contribution < -0.4 is 10.6 Å².